The highest BCUT2D eigenvalue weighted by molar-refractivity contribution is 5.33. The zero-order chi connectivity index (χ0) is 16.4. The fraction of sp³-hybridized carbons (Fsp3) is 0.375. The monoisotopic (exact) mass is 323 g/mol. The van der Waals surface area contributed by atoms with Crippen LogP contribution in [0, 0.1) is 0 Å². The van der Waals surface area contributed by atoms with Gasteiger partial charge in [-0.15, -0.1) is 0 Å². The summed E-state index contributed by atoms with van der Waals surface area (Å²) < 4.78 is 43.3. The van der Waals surface area contributed by atoms with E-state index in [0.717, 1.165) is 16.9 Å². The first-order chi connectivity index (χ1) is 11.0. The van der Waals surface area contributed by atoms with E-state index in [1.54, 1.807) is 7.11 Å². The summed E-state index contributed by atoms with van der Waals surface area (Å²) in [4.78, 5) is 9.27. The predicted octanol–water partition coefficient (Wildman–Crippen LogP) is 3.06. The molecule has 0 radical (unpaired) electrons. The SMILES string of the molecule is COc1ccccc1CN1CCc2nc(C(F)(F)F)ncc2C1. The van der Waals surface area contributed by atoms with Crippen molar-refractivity contribution in [1.29, 1.82) is 0 Å². The lowest BCUT2D eigenvalue weighted by molar-refractivity contribution is -0.145. The van der Waals surface area contributed by atoms with Gasteiger partial charge in [-0.25, -0.2) is 9.97 Å². The lowest BCUT2D eigenvalue weighted by Gasteiger charge is -2.28. The van der Waals surface area contributed by atoms with Gasteiger partial charge in [0.1, 0.15) is 5.75 Å². The first-order valence-corrected chi connectivity index (χ1v) is 7.23. The Morgan fingerprint density at radius 2 is 2.04 bits per heavy atom. The molecule has 2 aromatic rings. The molecule has 0 bridgehead atoms. The summed E-state index contributed by atoms with van der Waals surface area (Å²) in [6.07, 6.45) is -2.72. The number of ether oxygens (including phenoxy) is 1. The molecule has 122 valence electrons. The number of hydrogen-bond acceptors (Lipinski definition) is 4. The second-order valence-electron chi connectivity index (χ2n) is 5.44. The third kappa shape index (κ3) is 3.44. The molecular weight excluding hydrogens is 307 g/mol. The molecule has 1 aliphatic heterocycles. The van der Waals surface area contributed by atoms with Crippen molar-refractivity contribution in [3.63, 3.8) is 0 Å². The summed E-state index contributed by atoms with van der Waals surface area (Å²) in [6.45, 7) is 1.86. The largest absolute Gasteiger partial charge is 0.496 e. The van der Waals surface area contributed by atoms with E-state index in [2.05, 4.69) is 14.9 Å². The zero-order valence-corrected chi connectivity index (χ0v) is 12.6. The van der Waals surface area contributed by atoms with Gasteiger partial charge in [-0.2, -0.15) is 13.2 Å². The van der Waals surface area contributed by atoms with Crippen molar-refractivity contribution in [1.82, 2.24) is 14.9 Å². The molecule has 0 amide bonds. The maximum atomic E-state index is 12.7. The number of aromatic nitrogens is 2. The fourth-order valence-corrected chi connectivity index (χ4v) is 2.72. The summed E-state index contributed by atoms with van der Waals surface area (Å²) in [7, 11) is 1.62. The molecule has 1 aliphatic rings. The molecule has 2 heterocycles. The molecule has 0 unspecified atom stereocenters. The van der Waals surface area contributed by atoms with Crippen LogP contribution in [0.2, 0.25) is 0 Å². The van der Waals surface area contributed by atoms with Crippen molar-refractivity contribution in [3.8, 4) is 5.75 Å². The maximum Gasteiger partial charge on any atom is 0.451 e. The average molecular weight is 323 g/mol. The van der Waals surface area contributed by atoms with Gasteiger partial charge >= 0.3 is 6.18 Å². The highest BCUT2D eigenvalue weighted by Crippen LogP contribution is 2.28. The number of alkyl halides is 3. The van der Waals surface area contributed by atoms with E-state index in [-0.39, 0.29) is 0 Å². The molecule has 4 nitrogen and oxygen atoms in total. The molecule has 7 heteroatoms. The van der Waals surface area contributed by atoms with E-state index in [9.17, 15) is 13.2 Å². The number of halogens is 3. The number of para-hydroxylation sites is 1. The van der Waals surface area contributed by atoms with Crippen molar-refractivity contribution >= 4 is 0 Å². The maximum absolute atomic E-state index is 12.7. The summed E-state index contributed by atoms with van der Waals surface area (Å²) in [5, 5.41) is 0. The Bertz CT molecular complexity index is 703. The molecule has 1 aromatic heterocycles. The summed E-state index contributed by atoms with van der Waals surface area (Å²) in [5.74, 6) is -0.253. The van der Waals surface area contributed by atoms with Crippen molar-refractivity contribution < 1.29 is 17.9 Å². The Labute approximate surface area is 131 Å². The van der Waals surface area contributed by atoms with Crippen LogP contribution in [-0.4, -0.2) is 28.5 Å². The highest BCUT2D eigenvalue weighted by Gasteiger charge is 2.35. The second kappa shape index (κ2) is 6.16. The highest BCUT2D eigenvalue weighted by atomic mass is 19.4. The predicted molar refractivity (Wildman–Crippen MR) is 77.8 cm³/mol. The van der Waals surface area contributed by atoms with Crippen molar-refractivity contribution in [3.05, 3.63) is 53.1 Å². The third-order valence-electron chi connectivity index (χ3n) is 3.85. The molecule has 0 spiro atoms. The van der Waals surface area contributed by atoms with Crippen LogP contribution in [0.25, 0.3) is 0 Å². The second-order valence-corrected chi connectivity index (χ2v) is 5.44. The van der Waals surface area contributed by atoms with Crippen LogP contribution >= 0.6 is 0 Å². The number of methoxy groups -OCH3 is 1. The average Bonchev–Trinajstić information content (AvgIpc) is 2.54. The van der Waals surface area contributed by atoms with E-state index in [1.807, 2.05) is 24.3 Å². The molecule has 0 saturated heterocycles. The molecule has 0 saturated carbocycles. The molecule has 0 N–H and O–H groups in total. The van der Waals surface area contributed by atoms with Crippen molar-refractivity contribution in [2.75, 3.05) is 13.7 Å². The quantitative estimate of drug-likeness (QED) is 0.870. The van der Waals surface area contributed by atoms with Crippen LogP contribution in [0.1, 0.15) is 22.6 Å². The van der Waals surface area contributed by atoms with Crippen molar-refractivity contribution in [2.24, 2.45) is 0 Å². The third-order valence-corrected chi connectivity index (χ3v) is 3.85. The molecule has 3 rings (SSSR count). The molecule has 0 fully saturated rings. The molecular formula is C16H16F3N3O. The fourth-order valence-electron chi connectivity index (χ4n) is 2.72. The molecule has 23 heavy (non-hydrogen) atoms. The molecule has 0 atom stereocenters. The van der Waals surface area contributed by atoms with Crippen LogP contribution in [0.4, 0.5) is 13.2 Å². The van der Waals surface area contributed by atoms with E-state index < -0.39 is 12.0 Å². The van der Waals surface area contributed by atoms with Crippen LogP contribution < -0.4 is 4.74 Å². The first kappa shape index (κ1) is 15.7. The summed E-state index contributed by atoms with van der Waals surface area (Å²) in [5.41, 5.74) is 2.29. The van der Waals surface area contributed by atoms with Gasteiger partial charge in [0, 0.05) is 43.4 Å². The van der Waals surface area contributed by atoms with Crippen LogP contribution in [0.3, 0.4) is 0 Å². The molecule has 0 aliphatic carbocycles. The number of fused-ring (bicyclic) bond motifs is 1. The minimum atomic E-state index is -4.50. The molecule has 1 aromatic carbocycles. The lowest BCUT2D eigenvalue weighted by Crippen LogP contribution is -2.31. The van der Waals surface area contributed by atoms with Crippen LogP contribution in [0.15, 0.2) is 30.5 Å². The van der Waals surface area contributed by atoms with Crippen LogP contribution in [-0.2, 0) is 25.7 Å². The normalized spacial score (nSPS) is 15.3. The van der Waals surface area contributed by atoms with E-state index in [4.69, 9.17) is 4.74 Å². The van der Waals surface area contributed by atoms with Gasteiger partial charge < -0.3 is 4.74 Å². The minimum Gasteiger partial charge on any atom is -0.496 e. The number of hydrogen-bond donors (Lipinski definition) is 0. The van der Waals surface area contributed by atoms with Gasteiger partial charge in [0.15, 0.2) is 0 Å². The topological polar surface area (TPSA) is 38.2 Å². The Kier molecular flexibility index (Phi) is 4.21. The standard InChI is InChI=1S/C16H16F3N3O/c1-23-14-5-3-2-4-11(14)9-22-7-6-13-12(10-22)8-20-15(21-13)16(17,18)19/h2-5,8H,6-7,9-10H2,1H3. The smallest absolute Gasteiger partial charge is 0.451 e. The van der Waals surface area contributed by atoms with Gasteiger partial charge in [-0.3, -0.25) is 4.90 Å². The Morgan fingerprint density at radius 1 is 1.26 bits per heavy atom. The minimum absolute atomic E-state index is 0.482. The van der Waals surface area contributed by atoms with Gasteiger partial charge in [0.25, 0.3) is 0 Å². The first-order valence-electron chi connectivity index (χ1n) is 7.23. The number of nitrogens with zero attached hydrogens (tertiary/aromatic N) is 3. The Balaban J connectivity index is 1.76. The summed E-state index contributed by atoms with van der Waals surface area (Å²) in [6, 6.07) is 7.72. The van der Waals surface area contributed by atoms with E-state index >= 15 is 0 Å². The lowest BCUT2D eigenvalue weighted by atomic mass is 10.1. The zero-order valence-electron chi connectivity index (χ0n) is 12.6. The van der Waals surface area contributed by atoms with Crippen molar-refractivity contribution in [2.45, 2.75) is 25.7 Å². The Hall–Kier alpha value is -2.15. The Morgan fingerprint density at radius 3 is 2.78 bits per heavy atom. The van der Waals surface area contributed by atoms with Gasteiger partial charge in [-0.1, -0.05) is 18.2 Å². The van der Waals surface area contributed by atoms with E-state index in [1.165, 1.54) is 6.20 Å². The van der Waals surface area contributed by atoms with Gasteiger partial charge in [0.05, 0.1) is 12.8 Å². The number of rotatable bonds is 3. The number of benzene rings is 1. The van der Waals surface area contributed by atoms with E-state index in [0.29, 0.717) is 31.7 Å². The van der Waals surface area contributed by atoms with Crippen LogP contribution in [0.5, 0.6) is 5.75 Å². The van der Waals surface area contributed by atoms with Gasteiger partial charge in [-0.05, 0) is 6.07 Å². The van der Waals surface area contributed by atoms with Gasteiger partial charge in [0.2, 0.25) is 5.82 Å². The summed E-state index contributed by atoms with van der Waals surface area (Å²) >= 11 is 0.